The number of methoxy groups -OCH3 is 2. The molecule has 1 fully saturated rings. The van der Waals surface area contributed by atoms with E-state index < -0.39 is 0 Å². The summed E-state index contributed by atoms with van der Waals surface area (Å²) in [6.07, 6.45) is -0.151. The van der Waals surface area contributed by atoms with Crippen LogP contribution in [0, 0.1) is 0 Å². The monoisotopic (exact) mass is 217 g/mol. The van der Waals surface area contributed by atoms with E-state index in [2.05, 4.69) is 16.8 Å². The highest BCUT2D eigenvalue weighted by Gasteiger charge is 2.26. The summed E-state index contributed by atoms with van der Waals surface area (Å²) in [5.41, 5.74) is 5.76. The zero-order chi connectivity index (χ0) is 11.3. The topological polar surface area (TPSA) is 51.0 Å². The molecule has 15 heavy (non-hydrogen) atoms. The van der Waals surface area contributed by atoms with Crippen LogP contribution in [0.5, 0.6) is 0 Å². The van der Waals surface area contributed by atoms with Crippen molar-refractivity contribution in [3.05, 3.63) is 0 Å². The van der Waals surface area contributed by atoms with Crippen LogP contribution < -0.4 is 5.73 Å². The quantitative estimate of drug-likeness (QED) is 0.610. The van der Waals surface area contributed by atoms with Crippen molar-refractivity contribution in [2.24, 2.45) is 5.73 Å². The summed E-state index contributed by atoms with van der Waals surface area (Å²) in [6.45, 7) is 4.61. The fourth-order valence-corrected chi connectivity index (χ4v) is 1.95. The van der Waals surface area contributed by atoms with Gasteiger partial charge >= 0.3 is 0 Å². The van der Waals surface area contributed by atoms with Gasteiger partial charge in [-0.3, -0.25) is 4.90 Å². The van der Waals surface area contributed by atoms with Crippen LogP contribution in [0.15, 0.2) is 0 Å². The Morgan fingerprint density at radius 2 is 2.00 bits per heavy atom. The van der Waals surface area contributed by atoms with Crippen LogP contribution in [0.3, 0.4) is 0 Å². The van der Waals surface area contributed by atoms with Gasteiger partial charge in [-0.05, 0) is 7.05 Å². The lowest BCUT2D eigenvalue weighted by molar-refractivity contribution is -0.124. The first-order chi connectivity index (χ1) is 7.21. The number of hydrogen-bond acceptors (Lipinski definition) is 5. The highest BCUT2D eigenvalue weighted by atomic mass is 16.7. The Balaban J connectivity index is 2.44. The Morgan fingerprint density at radius 1 is 1.33 bits per heavy atom. The van der Waals surface area contributed by atoms with E-state index >= 15 is 0 Å². The number of nitrogens with two attached hydrogens (primary N) is 1. The van der Waals surface area contributed by atoms with Crippen LogP contribution in [0.2, 0.25) is 0 Å². The van der Waals surface area contributed by atoms with Crippen LogP contribution in [-0.2, 0) is 9.47 Å². The molecule has 1 heterocycles. The van der Waals surface area contributed by atoms with Gasteiger partial charge in [-0.25, -0.2) is 0 Å². The van der Waals surface area contributed by atoms with Gasteiger partial charge in [0, 0.05) is 53.0 Å². The van der Waals surface area contributed by atoms with E-state index in [1.165, 1.54) is 0 Å². The summed E-state index contributed by atoms with van der Waals surface area (Å²) in [6, 6.07) is 0.413. The van der Waals surface area contributed by atoms with Crippen molar-refractivity contribution in [1.82, 2.24) is 9.80 Å². The zero-order valence-electron chi connectivity index (χ0n) is 9.98. The normalized spacial score (nSPS) is 25.0. The minimum atomic E-state index is -0.151. The average molecular weight is 217 g/mol. The summed E-state index contributed by atoms with van der Waals surface area (Å²) < 4.78 is 10.4. The van der Waals surface area contributed by atoms with Crippen molar-refractivity contribution in [3.63, 3.8) is 0 Å². The fourth-order valence-electron chi connectivity index (χ4n) is 1.95. The maximum Gasteiger partial charge on any atom is 0.169 e. The first-order valence-electron chi connectivity index (χ1n) is 5.39. The van der Waals surface area contributed by atoms with Gasteiger partial charge in [0.05, 0.1) is 0 Å². The lowest BCUT2D eigenvalue weighted by Crippen LogP contribution is -2.56. The molecule has 0 aromatic heterocycles. The molecule has 0 radical (unpaired) electrons. The molecule has 0 aliphatic carbocycles. The second kappa shape index (κ2) is 6.40. The lowest BCUT2D eigenvalue weighted by Gasteiger charge is -2.40. The predicted molar refractivity (Wildman–Crippen MR) is 59.7 cm³/mol. The highest BCUT2D eigenvalue weighted by molar-refractivity contribution is 4.81. The molecule has 0 spiro atoms. The second-order valence-electron chi connectivity index (χ2n) is 4.05. The maximum atomic E-state index is 5.76. The minimum absolute atomic E-state index is 0.151. The van der Waals surface area contributed by atoms with E-state index in [1.807, 2.05) is 0 Å². The van der Waals surface area contributed by atoms with Crippen molar-refractivity contribution >= 4 is 0 Å². The molecule has 0 aromatic rings. The first kappa shape index (κ1) is 12.9. The molecule has 0 aromatic carbocycles. The van der Waals surface area contributed by atoms with Crippen molar-refractivity contribution in [3.8, 4) is 0 Å². The number of rotatable bonds is 5. The van der Waals surface area contributed by atoms with E-state index in [9.17, 15) is 0 Å². The third kappa shape index (κ3) is 3.70. The molecule has 5 nitrogen and oxygen atoms in total. The van der Waals surface area contributed by atoms with Crippen molar-refractivity contribution in [1.29, 1.82) is 0 Å². The van der Waals surface area contributed by atoms with Crippen molar-refractivity contribution in [2.45, 2.75) is 12.3 Å². The van der Waals surface area contributed by atoms with E-state index in [-0.39, 0.29) is 6.29 Å². The molecule has 1 unspecified atom stereocenters. The third-order valence-electron chi connectivity index (χ3n) is 2.99. The number of nitrogens with zero attached hydrogens (tertiary/aromatic N) is 2. The third-order valence-corrected chi connectivity index (χ3v) is 2.99. The standard InChI is InChI=1S/C10H23N3O2/c1-12-4-5-13(9(6-11)7-12)8-10(14-2)15-3/h9-10H,4-8,11H2,1-3H3. The molecule has 1 aliphatic heterocycles. The molecule has 1 atom stereocenters. The van der Waals surface area contributed by atoms with Gasteiger partial charge in [-0.2, -0.15) is 0 Å². The molecular formula is C10H23N3O2. The summed E-state index contributed by atoms with van der Waals surface area (Å²) >= 11 is 0. The van der Waals surface area contributed by atoms with E-state index in [4.69, 9.17) is 15.2 Å². The molecule has 5 heteroatoms. The van der Waals surface area contributed by atoms with E-state index in [0.717, 1.165) is 26.2 Å². The largest absolute Gasteiger partial charge is 0.355 e. The molecule has 2 N–H and O–H groups in total. The van der Waals surface area contributed by atoms with Gasteiger partial charge in [-0.15, -0.1) is 0 Å². The van der Waals surface area contributed by atoms with Crippen LogP contribution in [-0.4, -0.2) is 76.1 Å². The molecule has 0 amide bonds. The Bertz CT molecular complexity index is 176. The summed E-state index contributed by atoms with van der Waals surface area (Å²) in [5, 5.41) is 0. The van der Waals surface area contributed by atoms with Crippen molar-refractivity contribution < 1.29 is 9.47 Å². The van der Waals surface area contributed by atoms with E-state index in [0.29, 0.717) is 12.6 Å². The summed E-state index contributed by atoms with van der Waals surface area (Å²) in [5.74, 6) is 0. The lowest BCUT2D eigenvalue weighted by atomic mass is 10.1. The second-order valence-corrected chi connectivity index (χ2v) is 4.05. The number of ether oxygens (including phenoxy) is 2. The maximum absolute atomic E-state index is 5.76. The van der Waals surface area contributed by atoms with Crippen LogP contribution in [0.1, 0.15) is 0 Å². The number of hydrogen-bond donors (Lipinski definition) is 1. The zero-order valence-corrected chi connectivity index (χ0v) is 9.98. The molecule has 1 rings (SSSR count). The minimum Gasteiger partial charge on any atom is -0.355 e. The Hall–Kier alpha value is -0.200. The summed E-state index contributed by atoms with van der Waals surface area (Å²) in [7, 11) is 5.47. The van der Waals surface area contributed by atoms with Gasteiger partial charge in [0.2, 0.25) is 0 Å². The molecule has 0 saturated carbocycles. The number of piperazine rings is 1. The van der Waals surface area contributed by atoms with Gasteiger partial charge in [0.1, 0.15) is 0 Å². The van der Waals surface area contributed by atoms with Gasteiger partial charge in [0.25, 0.3) is 0 Å². The first-order valence-corrected chi connectivity index (χ1v) is 5.39. The Kier molecular flexibility index (Phi) is 5.49. The molecular weight excluding hydrogens is 194 g/mol. The fraction of sp³-hybridized carbons (Fsp3) is 1.00. The van der Waals surface area contributed by atoms with Gasteiger partial charge in [0.15, 0.2) is 6.29 Å². The Morgan fingerprint density at radius 3 is 2.53 bits per heavy atom. The Labute approximate surface area is 92.1 Å². The molecule has 1 aliphatic rings. The van der Waals surface area contributed by atoms with Crippen LogP contribution >= 0.6 is 0 Å². The highest BCUT2D eigenvalue weighted by Crippen LogP contribution is 2.09. The summed E-state index contributed by atoms with van der Waals surface area (Å²) in [4.78, 5) is 4.65. The van der Waals surface area contributed by atoms with Crippen LogP contribution in [0.25, 0.3) is 0 Å². The SMILES string of the molecule is COC(CN1CCN(C)CC1CN)OC. The van der Waals surface area contributed by atoms with Crippen molar-refractivity contribution in [2.75, 3.05) is 54.0 Å². The molecule has 1 saturated heterocycles. The van der Waals surface area contributed by atoms with Gasteiger partial charge < -0.3 is 20.1 Å². The predicted octanol–water partition coefficient (Wildman–Crippen LogP) is -0.820. The van der Waals surface area contributed by atoms with E-state index in [1.54, 1.807) is 14.2 Å². The number of likely N-dealkylation sites (N-methyl/N-ethyl adjacent to an activating group) is 1. The van der Waals surface area contributed by atoms with Gasteiger partial charge in [-0.1, -0.05) is 0 Å². The molecule has 0 bridgehead atoms. The molecule has 90 valence electrons. The average Bonchev–Trinajstić information content (AvgIpc) is 2.27. The smallest absolute Gasteiger partial charge is 0.169 e. The van der Waals surface area contributed by atoms with Crippen LogP contribution in [0.4, 0.5) is 0 Å².